The van der Waals surface area contributed by atoms with Gasteiger partial charge in [-0.25, -0.2) is 0 Å². The Hall–Kier alpha value is -1.62. The lowest BCUT2D eigenvalue weighted by molar-refractivity contribution is -0.903. The number of amides is 1. The van der Waals surface area contributed by atoms with Crippen LogP contribution in [0.1, 0.15) is 11.3 Å². The van der Waals surface area contributed by atoms with Crippen molar-refractivity contribution in [3.05, 3.63) is 27.3 Å². The summed E-state index contributed by atoms with van der Waals surface area (Å²) < 4.78 is 0. The van der Waals surface area contributed by atoms with E-state index in [2.05, 4.69) is 16.0 Å². The fourth-order valence-electron chi connectivity index (χ4n) is 2.53. The third-order valence-electron chi connectivity index (χ3n) is 3.76. The number of hydrogen-bond donors (Lipinski definition) is 1. The van der Waals surface area contributed by atoms with E-state index in [4.69, 9.17) is 5.26 Å². The first-order valence-corrected chi connectivity index (χ1v) is 8.97. The molecule has 1 N–H and O–H groups in total. The monoisotopic (exact) mass is 333 g/mol. The first-order valence-electron chi connectivity index (χ1n) is 7.28. The highest BCUT2D eigenvalue weighted by atomic mass is 32.2. The number of amidine groups is 1. The summed E-state index contributed by atoms with van der Waals surface area (Å²) in [4.78, 5) is 21.7. The number of nitriles is 1. The molecule has 0 radical (unpaired) electrons. The Balaban J connectivity index is 1.58. The van der Waals surface area contributed by atoms with Crippen LogP contribution in [0.5, 0.6) is 0 Å². The Morgan fingerprint density at radius 2 is 2.27 bits per heavy atom. The van der Waals surface area contributed by atoms with Crippen LogP contribution >= 0.6 is 23.1 Å². The molecule has 0 unspecified atom stereocenters. The maximum absolute atomic E-state index is 12.0. The molecule has 0 atom stereocenters. The highest BCUT2D eigenvalue weighted by Gasteiger charge is 2.29. The molecule has 1 saturated heterocycles. The summed E-state index contributed by atoms with van der Waals surface area (Å²) in [7, 11) is 0. The van der Waals surface area contributed by atoms with E-state index in [1.54, 1.807) is 11.3 Å². The van der Waals surface area contributed by atoms with Crippen molar-refractivity contribution >= 4 is 40.2 Å². The summed E-state index contributed by atoms with van der Waals surface area (Å²) in [6, 6.07) is 6.18. The van der Waals surface area contributed by atoms with E-state index in [0.717, 1.165) is 42.8 Å². The van der Waals surface area contributed by atoms with Crippen molar-refractivity contribution in [2.45, 2.75) is 6.42 Å². The molecule has 1 aromatic heterocycles. The smallest absolute Gasteiger partial charge is 0.286 e. The van der Waals surface area contributed by atoms with Gasteiger partial charge in [0.2, 0.25) is 0 Å². The Kier molecular flexibility index (Phi) is 4.93. The first-order chi connectivity index (χ1) is 10.8. The summed E-state index contributed by atoms with van der Waals surface area (Å²) in [5.41, 5.74) is 0. The topological polar surface area (TPSA) is 60.9 Å². The van der Waals surface area contributed by atoms with Crippen molar-refractivity contribution in [3.63, 3.8) is 0 Å². The van der Waals surface area contributed by atoms with Gasteiger partial charge < -0.3 is 9.80 Å². The lowest BCUT2D eigenvalue weighted by Gasteiger charge is -2.32. The van der Waals surface area contributed by atoms with Crippen molar-refractivity contribution in [2.75, 3.05) is 32.7 Å². The number of aliphatic imine (C=N–C) groups is 1. The van der Waals surface area contributed by atoms with Crippen LogP contribution in [0.3, 0.4) is 0 Å². The van der Waals surface area contributed by atoms with Crippen LogP contribution in [0.25, 0.3) is 6.08 Å². The Morgan fingerprint density at radius 3 is 2.95 bits per heavy atom. The predicted molar refractivity (Wildman–Crippen MR) is 89.7 cm³/mol. The van der Waals surface area contributed by atoms with Crippen molar-refractivity contribution < 1.29 is 9.69 Å². The minimum absolute atomic E-state index is 0.132. The van der Waals surface area contributed by atoms with Crippen molar-refractivity contribution in [3.8, 4) is 6.07 Å². The molecule has 2 aliphatic rings. The SMILES string of the molecule is N#CCC[NH+]1CCN(C2=NC(=O)/C(=C\c3cccs3)S2)CC1. The van der Waals surface area contributed by atoms with Crippen LogP contribution in [0, 0.1) is 11.3 Å². The molecule has 0 saturated carbocycles. The van der Waals surface area contributed by atoms with E-state index in [1.807, 2.05) is 23.6 Å². The summed E-state index contributed by atoms with van der Waals surface area (Å²) in [5, 5.41) is 11.5. The third kappa shape index (κ3) is 3.58. The molecule has 7 heteroatoms. The first kappa shape index (κ1) is 15.3. The van der Waals surface area contributed by atoms with E-state index in [0.29, 0.717) is 11.3 Å². The molecule has 0 bridgehead atoms. The van der Waals surface area contributed by atoms with Gasteiger partial charge >= 0.3 is 0 Å². The molecule has 114 valence electrons. The standard InChI is InChI=1S/C15H16N4OS2/c16-4-2-5-18-6-8-19(9-7-18)15-17-14(20)13(22-15)11-12-3-1-10-21-12/h1,3,10-11H,2,5-9H2/p+1/b13-11+. The van der Waals surface area contributed by atoms with Gasteiger partial charge in [0, 0.05) is 4.88 Å². The number of rotatable bonds is 3. The summed E-state index contributed by atoms with van der Waals surface area (Å²) in [5.74, 6) is -0.132. The molecular weight excluding hydrogens is 316 g/mol. The fraction of sp³-hybridized carbons (Fsp3) is 0.400. The molecule has 3 rings (SSSR count). The number of thiophene rings is 1. The largest absolute Gasteiger partial charge is 0.339 e. The van der Waals surface area contributed by atoms with Gasteiger partial charge in [0.05, 0.1) is 50.1 Å². The summed E-state index contributed by atoms with van der Waals surface area (Å²) in [6.45, 7) is 4.70. The maximum Gasteiger partial charge on any atom is 0.286 e. The molecule has 1 aromatic rings. The summed E-state index contributed by atoms with van der Waals surface area (Å²) >= 11 is 3.10. The highest BCUT2D eigenvalue weighted by molar-refractivity contribution is 8.18. The normalized spacial score (nSPS) is 21.2. The fourth-order valence-corrected chi connectivity index (χ4v) is 4.22. The third-order valence-corrected chi connectivity index (χ3v) is 5.62. The van der Waals surface area contributed by atoms with E-state index in [-0.39, 0.29) is 5.91 Å². The van der Waals surface area contributed by atoms with Gasteiger partial charge in [-0.15, -0.1) is 11.3 Å². The quantitative estimate of drug-likeness (QED) is 0.833. The molecule has 1 amide bonds. The number of nitrogens with zero attached hydrogens (tertiary/aromatic N) is 3. The molecular formula is C15H17N4OS2+. The van der Waals surface area contributed by atoms with Crippen molar-refractivity contribution in [2.24, 2.45) is 4.99 Å². The maximum atomic E-state index is 12.0. The number of hydrogen-bond acceptors (Lipinski definition) is 5. The number of carbonyl (C=O) groups is 1. The average Bonchev–Trinajstić information content (AvgIpc) is 3.17. The number of piperazine rings is 1. The van der Waals surface area contributed by atoms with E-state index in [9.17, 15) is 4.79 Å². The van der Waals surface area contributed by atoms with E-state index < -0.39 is 0 Å². The molecule has 22 heavy (non-hydrogen) atoms. The highest BCUT2D eigenvalue weighted by Crippen LogP contribution is 2.30. The van der Waals surface area contributed by atoms with Gasteiger partial charge in [0.1, 0.15) is 0 Å². The minimum atomic E-state index is -0.132. The Bertz CT molecular complexity index is 637. The number of quaternary nitrogens is 1. The molecule has 3 heterocycles. The molecule has 0 aliphatic carbocycles. The van der Waals surface area contributed by atoms with Crippen LogP contribution in [0.15, 0.2) is 27.4 Å². The van der Waals surface area contributed by atoms with Gasteiger partial charge in [0.15, 0.2) is 5.17 Å². The molecule has 1 fully saturated rings. The van der Waals surface area contributed by atoms with Crippen LogP contribution in [-0.4, -0.2) is 48.7 Å². The zero-order chi connectivity index (χ0) is 15.4. The predicted octanol–water partition coefficient (Wildman–Crippen LogP) is 0.833. The van der Waals surface area contributed by atoms with Crippen molar-refractivity contribution in [1.29, 1.82) is 5.26 Å². The zero-order valence-corrected chi connectivity index (χ0v) is 13.8. The van der Waals surface area contributed by atoms with Gasteiger partial charge in [-0.05, 0) is 29.3 Å². The van der Waals surface area contributed by atoms with Crippen LogP contribution in [-0.2, 0) is 4.79 Å². The Labute approximate surface area is 137 Å². The number of thioether (sulfide) groups is 1. The zero-order valence-electron chi connectivity index (χ0n) is 12.1. The number of nitrogens with one attached hydrogen (secondary N) is 1. The lowest BCUT2D eigenvalue weighted by Crippen LogP contribution is -3.14. The minimum Gasteiger partial charge on any atom is -0.339 e. The second-order valence-corrected chi connectivity index (χ2v) is 7.21. The molecule has 0 spiro atoms. The average molecular weight is 333 g/mol. The van der Waals surface area contributed by atoms with Gasteiger partial charge in [-0.3, -0.25) is 4.79 Å². The lowest BCUT2D eigenvalue weighted by atomic mass is 10.3. The molecule has 2 aliphatic heterocycles. The second-order valence-electron chi connectivity index (χ2n) is 5.22. The molecule has 5 nitrogen and oxygen atoms in total. The van der Waals surface area contributed by atoms with Crippen LogP contribution in [0.4, 0.5) is 0 Å². The molecule has 0 aromatic carbocycles. The second kappa shape index (κ2) is 7.09. The van der Waals surface area contributed by atoms with Crippen LogP contribution in [0.2, 0.25) is 0 Å². The van der Waals surface area contributed by atoms with Gasteiger partial charge in [-0.1, -0.05) is 6.07 Å². The Morgan fingerprint density at radius 1 is 1.45 bits per heavy atom. The van der Waals surface area contributed by atoms with E-state index >= 15 is 0 Å². The number of carbonyl (C=O) groups excluding carboxylic acids is 1. The van der Waals surface area contributed by atoms with Gasteiger partial charge in [0.25, 0.3) is 5.91 Å². The van der Waals surface area contributed by atoms with Crippen LogP contribution < -0.4 is 4.90 Å². The van der Waals surface area contributed by atoms with E-state index in [1.165, 1.54) is 16.7 Å². The van der Waals surface area contributed by atoms with Gasteiger partial charge in [-0.2, -0.15) is 10.3 Å². The summed E-state index contributed by atoms with van der Waals surface area (Å²) in [6.07, 6.45) is 2.53. The van der Waals surface area contributed by atoms with Crippen molar-refractivity contribution in [1.82, 2.24) is 4.90 Å².